The van der Waals surface area contributed by atoms with Crippen molar-refractivity contribution in [1.82, 2.24) is 10.2 Å². The molecule has 2 rings (SSSR count). The zero-order chi connectivity index (χ0) is 12.0. The van der Waals surface area contributed by atoms with Gasteiger partial charge in [-0.25, -0.2) is 0 Å². The van der Waals surface area contributed by atoms with Gasteiger partial charge in [0.15, 0.2) is 0 Å². The third-order valence-electron chi connectivity index (χ3n) is 3.97. The molecule has 0 amide bonds. The summed E-state index contributed by atoms with van der Waals surface area (Å²) in [5.74, 6) is 0. The molecule has 1 N–H and O–H groups in total. The molecule has 0 aliphatic carbocycles. The van der Waals surface area contributed by atoms with E-state index in [4.69, 9.17) is 0 Å². The van der Waals surface area contributed by atoms with Gasteiger partial charge in [0.1, 0.15) is 0 Å². The van der Waals surface area contributed by atoms with Crippen LogP contribution in [0.1, 0.15) is 59.8 Å². The first-order valence-electron chi connectivity index (χ1n) is 7.22. The Bertz CT molecular complexity index is 175. The summed E-state index contributed by atoms with van der Waals surface area (Å²) in [7, 11) is 0. The number of rotatable bonds is 1. The van der Waals surface area contributed by atoms with Crippen molar-refractivity contribution in [2.24, 2.45) is 0 Å². The fourth-order valence-electron chi connectivity index (χ4n) is 3.33. The average Bonchev–Trinajstić information content (AvgIpc) is 2.33. The fraction of sp³-hybridized carbons (Fsp3) is 1.00. The van der Waals surface area contributed by atoms with E-state index in [0.717, 1.165) is 6.04 Å². The second-order valence-electron chi connectivity index (χ2n) is 5.25. The van der Waals surface area contributed by atoms with Crippen LogP contribution in [0.4, 0.5) is 0 Å². The van der Waals surface area contributed by atoms with Gasteiger partial charge in [-0.2, -0.15) is 0 Å². The fourth-order valence-corrected chi connectivity index (χ4v) is 3.33. The van der Waals surface area contributed by atoms with E-state index in [2.05, 4.69) is 24.1 Å². The van der Waals surface area contributed by atoms with E-state index in [9.17, 15) is 0 Å². The zero-order valence-corrected chi connectivity index (χ0v) is 11.7. The summed E-state index contributed by atoms with van der Waals surface area (Å²) in [6.45, 7) is 12.5. The second kappa shape index (κ2) is 6.61. The number of nitrogens with zero attached hydrogens (tertiary/aromatic N) is 1. The maximum absolute atomic E-state index is 3.59. The van der Waals surface area contributed by atoms with Gasteiger partial charge in [-0.3, -0.25) is 4.90 Å². The minimum atomic E-state index is 0.519. The molecule has 0 radical (unpaired) electrons. The van der Waals surface area contributed by atoms with Crippen LogP contribution in [-0.4, -0.2) is 36.1 Å². The molecule has 1 spiro atoms. The molecule has 2 heterocycles. The van der Waals surface area contributed by atoms with Gasteiger partial charge in [0.25, 0.3) is 0 Å². The molecule has 2 aliphatic rings. The summed E-state index contributed by atoms with van der Waals surface area (Å²) in [6, 6.07) is 0.718. The average molecular weight is 226 g/mol. The largest absolute Gasteiger partial charge is 0.315 e. The Balaban J connectivity index is 0.000000606. The quantitative estimate of drug-likeness (QED) is 0.739. The SMILES string of the molecule is CC.CC(C)N1CCCCC12CCCNC2. The van der Waals surface area contributed by atoms with Gasteiger partial charge < -0.3 is 5.32 Å². The Hall–Kier alpha value is -0.0800. The lowest BCUT2D eigenvalue weighted by Gasteiger charge is -2.51. The van der Waals surface area contributed by atoms with Crippen LogP contribution in [0.5, 0.6) is 0 Å². The number of hydrogen-bond acceptors (Lipinski definition) is 2. The van der Waals surface area contributed by atoms with Crippen molar-refractivity contribution in [1.29, 1.82) is 0 Å². The molecule has 0 aromatic heterocycles. The molecule has 96 valence electrons. The number of hydrogen-bond donors (Lipinski definition) is 1. The molecular formula is C14H30N2. The van der Waals surface area contributed by atoms with E-state index in [1.54, 1.807) is 0 Å². The highest BCUT2D eigenvalue weighted by molar-refractivity contribution is 4.98. The molecule has 2 aliphatic heterocycles. The summed E-state index contributed by atoms with van der Waals surface area (Å²) in [6.07, 6.45) is 7.03. The van der Waals surface area contributed by atoms with E-state index in [1.807, 2.05) is 13.8 Å². The van der Waals surface area contributed by atoms with Gasteiger partial charge in [0.2, 0.25) is 0 Å². The molecule has 2 heteroatoms. The predicted molar refractivity (Wildman–Crippen MR) is 71.9 cm³/mol. The predicted octanol–water partition coefficient (Wildman–Crippen LogP) is 3.03. The molecule has 0 saturated carbocycles. The molecule has 2 saturated heterocycles. The van der Waals surface area contributed by atoms with Gasteiger partial charge in [-0.15, -0.1) is 0 Å². The molecule has 2 fully saturated rings. The molecule has 0 aromatic carbocycles. The van der Waals surface area contributed by atoms with Gasteiger partial charge in [-0.1, -0.05) is 20.3 Å². The maximum atomic E-state index is 3.59. The van der Waals surface area contributed by atoms with E-state index < -0.39 is 0 Å². The van der Waals surface area contributed by atoms with Crippen LogP contribution in [0.2, 0.25) is 0 Å². The number of likely N-dealkylation sites (tertiary alicyclic amines) is 1. The number of nitrogens with one attached hydrogen (secondary N) is 1. The lowest BCUT2D eigenvalue weighted by molar-refractivity contribution is 0.00144. The maximum Gasteiger partial charge on any atom is 0.0337 e. The molecule has 2 nitrogen and oxygen atoms in total. The first kappa shape index (κ1) is 14.0. The normalized spacial score (nSPS) is 31.3. The van der Waals surface area contributed by atoms with Crippen molar-refractivity contribution >= 4 is 0 Å². The summed E-state index contributed by atoms with van der Waals surface area (Å²) in [4.78, 5) is 2.75. The second-order valence-corrected chi connectivity index (χ2v) is 5.25. The van der Waals surface area contributed by atoms with Crippen LogP contribution in [0.15, 0.2) is 0 Å². The Labute approximate surface area is 102 Å². The summed E-state index contributed by atoms with van der Waals surface area (Å²) >= 11 is 0. The Kier molecular flexibility index (Phi) is 5.77. The van der Waals surface area contributed by atoms with Crippen molar-refractivity contribution in [2.75, 3.05) is 19.6 Å². The first-order valence-corrected chi connectivity index (χ1v) is 7.22. The van der Waals surface area contributed by atoms with Gasteiger partial charge in [0, 0.05) is 18.1 Å². The highest BCUT2D eigenvalue weighted by Crippen LogP contribution is 2.34. The van der Waals surface area contributed by atoms with Crippen molar-refractivity contribution in [3.8, 4) is 0 Å². The minimum Gasteiger partial charge on any atom is -0.315 e. The monoisotopic (exact) mass is 226 g/mol. The van der Waals surface area contributed by atoms with Crippen LogP contribution >= 0.6 is 0 Å². The van der Waals surface area contributed by atoms with Crippen LogP contribution in [0, 0.1) is 0 Å². The van der Waals surface area contributed by atoms with Crippen molar-refractivity contribution in [2.45, 2.75) is 71.4 Å². The zero-order valence-electron chi connectivity index (χ0n) is 11.7. The Morgan fingerprint density at radius 2 is 1.75 bits per heavy atom. The summed E-state index contributed by atoms with van der Waals surface area (Å²) in [5, 5.41) is 3.59. The van der Waals surface area contributed by atoms with E-state index in [1.165, 1.54) is 51.7 Å². The van der Waals surface area contributed by atoms with Gasteiger partial charge in [0.05, 0.1) is 0 Å². The van der Waals surface area contributed by atoms with Crippen LogP contribution in [-0.2, 0) is 0 Å². The van der Waals surface area contributed by atoms with Crippen LogP contribution in [0.25, 0.3) is 0 Å². The molecule has 0 bridgehead atoms. The number of piperidine rings is 2. The van der Waals surface area contributed by atoms with Crippen LogP contribution < -0.4 is 5.32 Å². The summed E-state index contributed by atoms with van der Waals surface area (Å²) < 4.78 is 0. The van der Waals surface area contributed by atoms with Crippen molar-refractivity contribution < 1.29 is 0 Å². The van der Waals surface area contributed by atoms with E-state index >= 15 is 0 Å². The Morgan fingerprint density at radius 1 is 1.06 bits per heavy atom. The van der Waals surface area contributed by atoms with E-state index in [-0.39, 0.29) is 0 Å². The smallest absolute Gasteiger partial charge is 0.0337 e. The molecule has 1 unspecified atom stereocenters. The van der Waals surface area contributed by atoms with E-state index in [0.29, 0.717) is 5.54 Å². The Morgan fingerprint density at radius 3 is 2.31 bits per heavy atom. The molecular weight excluding hydrogens is 196 g/mol. The highest BCUT2D eigenvalue weighted by Gasteiger charge is 2.40. The van der Waals surface area contributed by atoms with Gasteiger partial charge in [-0.05, 0) is 52.6 Å². The minimum absolute atomic E-state index is 0.519. The lowest BCUT2D eigenvalue weighted by atomic mass is 9.80. The van der Waals surface area contributed by atoms with Crippen molar-refractivity contribution in [3.05, 3.63) is 0 Å². The molecule has 0 aromatic rings. The standard InChI is InChI=1S/C12H24N2.C2H6/c1-11(2)14-9-4-3-6-12(14)7-5-8-13-10-12;1-2/h11,13H,3-10H2,1-2H3;1-2H3. The third kappa shape index (κ3) is 2.98. The lowest BCUT2D eigenvalue weighted by Crippen LogP contribution is -2.61. The highest BCUT2D eigenvalue weighted by atomic mass is 15.2. The van der Waals surface area contributed by atoms with Crippen LogP contribution in [0.3, 0.4) is 0 Å². The third-order valence-corrected chi connectivity index (χ3v) is 3.97. The van der Waals surface area contributed by atoms with Crippen molar-refractivity contribution in [3.63, 3.8) is 0 Å². The molecule has 1 atom stereocenters. The summed E-state index contributed by atoms with van der Waals surface area (Å²) in [5.41, 5.74) is 0.519. The van der Waals surface area contributed by atoms with Gasteiger partial charge >= 0.3 is 0 Å². The first-order chi connectivity index (χ1) is 7.75. The molecule has 16 heavy (non-hydrogen) atoms. The topological polar surface area (TPSA) is 15.3 Å².